The average molecular weight is 375 g/mol. The zero-order valence-corrected chi connectivity index (χ0v) is 14.0. The lowest BCUT2D eigenvalue weighted by Crippen LogP contribution is -2.00. The van der Waals surface area contributed by atoms with Crippen molar-refractivity contribution in [2.45, 2.75) is 12.0 Å². The standard InChI is InChI=1S/C17H12BrNO2S/c18-14-8-15(16(19-9-14)17-21-22-17)20-10-11-5-6-12-3-1-2-4-13(12)7-11/h1-9,17H,10H2/p+1/t17-/m1/s1. The molecule has 2 aromatic carbocycles. The Morgan fingerprint density at radius 3 is 2.77 bits per heavy atom. The van der Waals surface area contributed by atoms with E-state index in [-0.39, 0.29) is 5.44 Å². The molecule has 1 aliphatic heterocycles. The van der Waals surface area contributed by atoms with E-state index in [9.17, 15) is 0 Å². The van der Waals surface area contributed by atoms with Crippen LogP contribution in [0.3, 0.4) is 0 Å². The van der Waals surface area contributed by atoms with Crippen LogP contribution >= 0.6 is 15.9 Å². The van der Waals surface area contributed by atoms with Crippen molar-refractivity contribution in [2.24, 2.45) is 0 Å². The largest absolute Gasteiger partial charge is 0.487 e. The van der Waals surface area contributed by atoms with Crippen molar-refractivity contribution in [2.75, 3.05) is 0 Å². The minimum Gasteiger partial charge on any atom is -0.487 e. The van der Waals surface area contributed by atoms with E-state index in [0.29, 0.717) is 6.61 Å². The Hall–Kier alpha value is -1.56. The molecular weight excluding hydrogens is 362 g/mol. The van der Waals surface area contributed by atoms with Crippen molar-refractivity contribution >= 4 is 38.7 Å². The molecule has 3 aromatic rings. The highest BCUT2D eigenvalue weighted by Gasteiger charge is 2.44. The maximum absolute atomic E-state index is 5.98. The fraction of sp³-hybridized carbons (Fsp3) is 0.118. The second-order valence-corrected chi connectivity index (χ2v) is 6.88. The quantitative estimate of drug-likeness (QED) is 0.387. The first-order valence-electron chi connectivity index (χ1n) is 6.91. The summed E-state index contributed by atoms with van der Waals surface area (Å²) in [5.74, 6) is 0.775. The second kappa shape index (κ2) is 5.91. The van der Waals surface area contributed by atoms with Gasteiger partial charge in [-0.3, -0.25) is 0 Å². The van der Waals surface area contributed by atoms with Crippen LogP contribution in [-0.2, 0) is 22.8 Å². The molecule has 1 saturated heterocycles. The molecule has 0 spiro atoms. The summed E-state index contributed by atoms with van der Waals surface area (Å²) in [5.41, 5.74) is 2.06. The Bertz CT molecular complexity index is 836. The number of thiol groups is 1. The Balaban J connectivity index is 1.57. The number of fused-ring (bicyclic) bond motifs is 1. The predicted molar refractivity (Wildman–Crippen MR) is 92.8 cm³/mol. The number of nitrogens with zero attached hydrogens (tertiary/aromatic N) is 1. The van der Waals surface area contributed by atoms with Crippen LogP contribution in [0.1, 0.15) is 16.7 Å². The minimum atomic E-state index is 0.0553. The molecular formula is C17H13BrNO2S+. The van der Waals surface area contributed by atoms with Gasteiger partial charge in [0.15, 0.2) is 23.5 Å². The SMILES string of the molecule is Brc1cnc([C@@H]2O[SH+]2)c(OCc2ccc3ccccc3c2)c1. The first kappa shape index (κ1) is 14.1. The minimum absolute atomic E-state index is 0.0553. The van der Waals surface area contributed by atoms with Crippen molar-refractivity contribution in [1.82, 2.24) is 4.98 Å². The van der Waals surface area contributed by atoms with Crippen molar-refractivity contribution in [3.05, 3.63) is 70.5 Å². The summed E-state index contributed by atoms with van der Waals surface area (Å²) in [5, 5.41) is 2.46. The third-order valence-corrected chi connectivity index (χ3v) is 4.60. The molecule has 110 valence electrons. The Morgan fingerprint density at radius 1 is 1.14 bits per heavy atom. The number of aromatic nitrogens is 1. The highest BCUT2D eigenvalue weighted by atomic mass is 79.9. The zero-order chi connectivity index (χ0) is 14.9. The lowest BCUT2D eigenvalue weighted by atomic mass is 10.1. The molecule has 3 nitrogen and oxygen atoms in total. The van der Waals surface area contributed by atoms with E-state index in [1.807, 2.05) is 18.2 Å². The second-order valence-electron chi connectivity index (χ2n) is 5.07. The van der Waals surface area contributed by atoms with Gasteiger partial charge in [-0.05, 0) is 44.4 Å². The molecule has 0 saturated carbocycles. The molecule has 1 fully saturated rings. The van der Waals surface area contributed by atoms with Gasteiger partial charge in [-0.1, -0.05) is 36.4 Å². The number of benzene rings is 2. The molecule has 2 heterocycles. The van der Waals surface area contributed by atoms with Crippen LogP contribution < -0.4 is 4.74 Å². The summed E-state index contributed by atoms with van der Waals surface area (Å²) in [6, 6.07) is 16.6. The number of halogens is 1. The molecule has 0 N–H and O–H groups in total. The molecule has 0 unspecified atom stereocenters. The van der Waals surface area contributed by atoms with Gasteiger partial charge in [0.25, 0.3) is 0 Å². The lowest BCUT2D eigenvalue weighted by Gasteiger charge is -2.09. The topological polar surface area (TPSA) is 34.7 Å². The monoisotopic (exact) mass is 374 g/mol. The Kier molecular flexibility index (Phi) is 3.78. The molecule has 22 heavy (non-hydrogen) atoms. The first-order chi connectivity index (χ1) is 10.8. The van der Waals surface area contributed by atoms with Crippen molar-refractivity contribution in [3.63, 3.8) is 0 Å². The Labute approximate surface area is 141 Å². The van der Waals surface area contributed by atoms with E-state index >= 15 is 0 Å². The maximum atomic E-state index is 5.98. The van der Waals surface area contributed by atoms with E-state index in [1.165, 1.54) is 10.8 Å². The highest BCUT2D eigenvalue weighted by Crippen LogP contribution is 2.38. The van der Waals surface area contributed by atoms with Gasteiger partial charge in [-0.25, -0.2) is 4.98 Å². The zero-order valence-electron chi connectivity index (χ0n) is 11.6. The van der Waals surface area contributed by atoms with Crippen LogP contribution in [0.15, 0.2) is 59.2 Å². The van der Waals surface area contributed by atoms with Gasteiger partial charge in [0, 0.05) is 10.7 Å². The number of ether oxygens (including phenoxy) is 1. The smallest absolute Gasteiger partial charge is 0.342 e. The molecule has 0 aliphatic carbocycles. The van der Waals surface area contributed by atoms with Crippen LogP contribution in [0.5, 0.6) is 5.75 Å². The van der Waals surface area contributed by atoms with Crippen LogP contribution in [0, 0.1) is 0 Å². The fourth-order valence-corrected chi connectivity index (χ4v) is 3.12. The summed E-state index contributed by atoms with van der Waals surface area (Å²) in [6.45, 7) is 0.513. The highest BCUT2D eigenvalue weighted by molar-refractivity contribution is 9.10. The van der Waals surface area contributed by atoms with Crippen molar-refractivity contribution < 1.29 is 8.92 Å². The molecule has 0 amide bonds. The third kappa shape index (κ3) is 2.97. The summed E-state index contributed by atoms with van der Waals surface area (Å²) in [7, 11) is 0. The van der Waals surface area contributed by atoms with Crippen LogP contribution in [-0.4, -0.2) is 4.98 Å². The van der Waals surface area contributed by atoms with Gasteiger partial charge in [0.05, 0.1) is 0 Å². The van der Waals surface area contributed by atoms with Crippen molar-refractivity contribution in [1.29, 1.82) is 0 Å². The molecule has 4 rings (SSSR count). The van der Waals surface area contributed by atoms with Gasteiger partial charge in [0.1, 0.15) is 6.61 Å². The first-order valence-corrected chi connectivity index (χ1v) is 8.59. The van der Waals surface area contributed by atoms with Crippen LogP contribution in [0.25, 0.3) is 10.8 Å². The Morgan fingerprint density at radius 2 is 1.95 bits per heavy atom. The predicted octanol–water partition coefficient (Wildman–Crippen LogP) is 4.34. The average Bonchev–Trinajstić information content (AvgIpc) is 3.37. The molecule has 0 bridgehead atoms. The van der Waals surface area contributed by atoms with Gasteiger partial charge >= 0.3 is 5.44 Å². The normalized spacial score (nSPS) is 16.7. The summed E-state index contributed by atoms with van der Waals surface area (Å²) in [4.78, 5) is 4.40. The van der Waals surface area contributed by atoms with Gasteiger partial charge in [0.2, 0.25) is 0 Å². The van der Waals surface area contributed by atoms with Gasteiger partial charge < -0.3 is 4.74 Å². The summed E-state index contributed by atoms with van der Waals surface area (Å²) < 4.78 is 12.2. The number of hydrogen-bond acceptors (Lipinski definition) is 3. The summed E-state index contributed by atoms with van der Waals surface area (Å²) in [6.07, 6.45) is 1.77. The van der Waals surface area contributed by atoms with Crippen LogP contribution in [0.4, 0.5) is 0 Å². The lowest BCUT2D eigenvalue weighted by molar-refractivity contribution is 0.296. The van der Waals surface area contributed by atoms with Crippen molar-refractivity contribution in [3.8, 4) is 5.75 Å². The molecule has 1 aliphatic rings. The van der Waals surface area contributed by atoms with E-state index < -0.39 is 0 Å². The number of rotatable bonds is 4. The van der Waals surface area contributed by atoms with Gasteiger partial charge in [-0.2, -0.15) is 0 Å². The summed E-state index contributed by atoms with van der Waals surface area (Å²) >= 11 is 4.39. The third-order valence-electron chi connectivity index (χ3n) is 3.50. The van der Waals surface area contributed by atoms with E-state index in [4.69, 9.17) is 8.92 Å². The maximum Gasteiger partial charge on any atom is 0.342 e. The molecule has 1 atom stereocenters. The molecule has 0 radical (unpaired) electrons. The van der Waals surface area contributed by atoms with Crippen LogP contribution in [0.2, 0.25) is 0 Å². The number of hydrogen-bond donors (Lipinski definition) is 0. The molecule has 5 heteroatoms. The van der Waals surface area contributed by atoms with E-state index in [0.717, 1.165) is 33.5 Å². The molecule has 1 aromatic heterocycles. The van der Waals surface area contributed by atoms with E-state index in [1.54, 1.807) is 6.20 Å². The van der Waals surface area contributed by atoms with E-state index in [2.05, 4.69) is 51.2 Å². The van der Waals surface area contributed by atoms with Gasteiger partial charge in [-0.15, -0.1) is 4.18 Å². The fourth-order valence-electron chi connectivity index (χ4n) is 2.35. The number of pyridine rings is 1.